The topological polar surface area (TPSA) is 50.1 Å². The standard InChI is InChI=1S/C16H23N3O/c1-13(2)16(20)8-10-17-12-14-4-6-15(7-5-14)19-11-3-9-18-19/h3-7,9,11,13,16-17,20H,8,10,12H2,1-2H3. The Labute approximate surface area is 120 Å². The maximum absolute atomic E-state index is 9.72. The molecule has 0 amide bonds. The van der Waals surface area contributed by atoms with Crippen molar-refractivity contribution < 1.29 is 5.11 Å². The normalized spacial score (nSPS) is 12.8. The van der Waals surface area contributed by atoms with Crippen molar-refractivity contribution in [1.29, 1.82) is 0 Å². The molecule has 0 spiro atoms. The minimum atomic E-state index is -0.218. The van der Waals surface area contributed by atoms with Crippen LogP contribution in [0.25, 0.3) is 5.69 Å². The number of nitrogens with one attached hydrogen (secondary N) is 1. The number of nitrogens with zero attached hydrogens (tertiary/aromatic N) is 2. The van der Waals surface area contributed by atoms with E-state index in [2.05, 4.69) is 34.7 Å². The zero-order chi connectivity index (χ0) is 14.4. The van der Waals surface area contributed by atoms with Gasteiger partial charge < -0.3 is 10.4 Å². The van der Waals surface area contributed by atoms with Gasteiger partial charge in [0.2, 0.25) is 0 Å². The highest BCUT2D eigenvalue weighted by Crippen LogP contribution is 2.09. The number of hydrogen-bond acceptors (Lipinski definition) is 3. The van der Waals surface area contributed by atoms with Crippen molar-refractivity contribution in [1.82, 2.24) is 15.1 Å². The molecule has 2 N–H and O–H groups in total. The molecule has 0 fully saturated rings. The predicted octanol–water partition coefficient (Wildman–Crippen LogP) is 2.37. The zero-order valence-corrected chi connectivity index (χ0v) is 12.2. The van der Waals surface area contributed by atoms with E-state index in [0.717, 1.165) is 25.2 Å². The molecule has 0 radical (unpaired) electrons. The van der Waals surface area contributed by atoms with Gasteiger partial charge in [-0.1, -0.05) is 26.0 Å². The summed E-state index contributed by atoms with van der Waals surface area (Å²) in [6, 6.07) is 10.2. The van der Waals surface area contributed by atoms with E-state index in [1.165, 1.54) is 5.56 Å². The third-order valence-electron chi connectivity index (χ3n) is 3.42. The Hall–Kier alpha value is -1.65. The van der Waals surface area contributed by atoms with Gasteiger partial charge in [0.1, 0.15) is 0 Å². The number of aliphatic hydroxyl groups is 1. The second-order valence-electron chi connectivity index (χ2n) is 5.39. The molecule has 2 aromatic rings. The third kappa shape index (κ3) is 4.18. The lowest BCUT2D eigenvalue weighted by atomic mass is 10.0. The first-order valence-electron chi connectivity index (χ1n) is 7.14. The number of aliphatic hydroxyl groups excluding tert-OH is 1. The zero-order valence-electron chi connectivity index (χ0n) is 12.2. The molecule has 20 heavy (non-hydrogen) atoms. The lowest BCUT2D eigenvalue weighted by molar-refractivity contribution is 0.116. The van der Waals surface area contributed by atoms with E-state index >= 15 is 0 Å². The smallest absolute Gasteiger partial charge is 0.0645 e. The fraction of sp³-hybridized carbons (Fsp3) is 0.438. The second kappa shape index (κ2) is 7.22. The highest BCUT2D eigenvalue weighted by atomic mass is 16.3. The van der Waals surface area contributed by atoms with Crippen LogP contribution in [0.5, 0.6) is 0 Å². The Morgan fingerprint density at radius 1 is 1.25 bits per heavy atom. The highest BCUT2D eigenvalue weighted by molar-refractivity contribution is 5.33. The van der Waals surface area contributed by atoms with Crippen LogP contribution < -0.4 is 5.32 Å². The van der Waals surface area contributed by atoms with Crippen molar-refractivity contribution in [3.8, 4) is 5.69 Å². The second-order valence-corrected chi connectivity index (χ2v) is 5.39. The molecular formula is C16H23N3O. The molecule has 0 saturated heterocycles. The van der Waals surface area contributed by atoms with E-state index < -0.39 is 0 Å². The summed E-state index contributed by atoms with van der Waals surface area (Å²) in [5, 5.41) is 17.3. The van der Waals surface area contributed by atoms with E-state index in [9.17, 15) is 5.11 Å². The Kier molecular flexibility index (Phi) is 5.32. The molecule has 0 aliphatic heterocycles. The van der Waals surface area contributed by atoms with Crippen molar-refractivity contribution in [2.45, 2.75) is 32.9 Å². The summed E-state index contributed by atoms with van der Waals surface area (Å²) in [7, 11) is 0. The van der Waals surface area contributed by atoms with Crippen LogP contribution in [0.15, 0.2) is 42.7 Å². The lowest BCUT2D eigenvalue weighted by Gasteiger charge is -2.14. The summed E-state index contributed by atoms with van der Waals surface area (Å²) in [5.41, 5.74) is 2.30. The molecule has 0 bridgehead atoms. The van der Waals surface area contributed by atoms with Crippen LogP contribution in [0.1, 0.15) is 25.8 Å². The van der Waals surface area contributed by atoms with Gasteiger partial charge >= 0.3 is 0 Å². The first-order chi connectivity index (χ1) is 9.66. The number of rotatable bonds is 7. The van der Waals surface area contributed by atoms with Gasteiger partial charge in [0.25, 0.3) is 0 Å². The SMILES string of the molecule is CC(C)C(O)CCNCc1ccc(-n2cccn2)cc1. The van der Waals surface area contributed by atoms with Crippen molar-refractivity contribution in [2.24, 2.45) is 5.92 Å². The largest absolute Gasteiger partial charge is 0.393 e. The Morgan fingerprint density at radius 2 is 2.00 bits per heavy atom. The average molecular weight is 273 g/mol. The molecule has 4 heteroatoms. The summed E-state index contributed by atoms with van der Waals surface area (Å²) in [4.78, 5) is 0. The average Bonchev–Trinajstić information content (AvgIpc) is 2.98. The molecule has 0 saturated carbocycles. The molecule has 1 atom stereocenters. The van der Waals surface area contributed by atoms with Gasteiger partial charge in [0.15, 0.2) is 0 Å². The van der Waals surface area contributed by atoms with E-state index in [1.807, 2.05) is 30.8 Å². The van der Waals surface area contributed by atoms with Crippen LogP contribution in [-0.2, 0) is 6.54 Å². The molecule has 1 aromatic heterocycles. The fourth-order valence-corrected chi connectivity index (χ4v) is 2.00. The predicted molar refractivity (Wildman–Crippen MR) is 80.7 cm³/mol. The van der Waals surface area contributed by atoms with Crippen molar-refractivity contribution in [2.75, 3.05) is 6.54 Å². The molecule has 0 aliphatic carbocycles. The first-order valence-corrected chi connectivity index (χ1v) is 7.14. The van der Waals surface area contributed by atoms with Gasteiger partial charge in [-0.05, 0) is 42.6 Å². The van der Waals surface area contributed by atoms with E-state index in [4.69, 9.17) is 0 Å². The van der Waals surface area contributed by atoms with E-state index in [-0.39, 0.29) is 6.10 Å². The molecule has 0 aliphatic rings. The fourth-order valence-electron chi connectivity index (χ4n) is 2.00. The Balaban J connectivity index is 1.77. The van der Waals surface area contributed by atoms with Crippen LogP contribution in [0.2, 0.25) is 0 Å². The summed E-state index contributed by atoms with van der Waals surface area (Å²) in [6.07, 6.45) is 4.28. The third-order valence-corrected chi connectivity index (χ3v) is 3.42. The Bertz CT molecular complexity index is 491. The van der Waals surface area contributed by atoms with Crippen LogP contribution in [-0.4, -0.2) is 27.5 Å². The molecule has 2 rings (SSSR count). The van der Waals surface area contributed by atoms with Crippen molar-refractivity contribution >= 4 is 0 Å². The first kappa shape index (κ1) is 14.8. The minimum Gasteiger partial charge on any atom is -0.393 e. The molecule has 108 valence electrons. The summed E-state index contributed by atoms with van der Waals surface area (Å²) < 4.78 is 1.84. The van der Waals surface area contributed by atoms with Gasteiger partial charge in [-0.25, -0.2) is 4.68 Å². The highest BCUT2D eigenvalue weighted by Gasteiger charge is 2.07. The maximum atomic E-state index is 9.72. The lowest BCUT2D eigenvalue weighted by Crippen LogP contribution is -2.23. The van der Waals surface area contributed by atoms with Gasteiger partial charge in [-0.15, -0.1) is 0 Å². The molecule has 1 heterocycles. The minimum absolute atomic E-state index is 0.218. The molecule has 1 unspecified atom stereocenters. The van der Waals surface area contributed by atoms with E-state index in [0.29, 0.717) is 5.92 Å². The van der Waals surface area contributed by atoms with E-state index in [1.54, 1.807) is 6.20 Å². The van der Waals surface area contributed by atoms with Gasteiger partial charge in [-0.3, -0.25) is 0 Å². The van der Waals surface area contributed by atoms with Crippen LogP contribution >= 0.6 is 0 Å². The number of benzene rings is 1. The summed E-state index contributed by atoms with van der Waals surface area (Å²) in [6.45, 7) is 5.74. The monoisotopic (exact) mass is 273 g/mol. The van der Waals surface area contributed by atoms with Crippen molar-refractivity contribution in [3.63, 3.8) is 0 Å². The quantitative estimate of drug-likeness (QED) is 0.761. The molecule has 4 nitrogen and oxygen atoms in total. The van der Waals surface area contributed by atoms with Crippen LogP contribution in [0.4, 0.5) is 0 Å². The van der Waals surface area contributed by atoms with Gasteiger partial charge in [0.05, 0.1) is 11.8 Å². The number of aromatic nitrogens is 2. The molecule has 1 aromatic carbocycles. The maximum Gasteiger partial charge on any atom is 0.0645 e. The van der Waals surface area contributed by atoms with Crippen LogP contribution in [0, 0.1) is 5.92 Å². The Morgan fingerprint density at radius 3 is 2.60 bits per heavy atom. The number of hydrogen-bond donors (Lipinski definition) is 2. The summed E-state index contributed by atoms with van der Waals surface area (Å²) in [5.74, 6) is 0.324. The van der Waals surface area contributed by atoms with Gasteiger partial charge in [-0.2, -0.15) is 5.10 Å². The molecular weight excluding hydrogens is 250 g/mol. The summed E-state index contributed by atoms with van der Waals surface area (Å²) >= 11 is 0. The van der Waals surface area contributed by atoms with Crippen molar-refractivity contribution in [3.05, 3.63) is 48.3 Å². The van der Waals surface area contributed by atoms with Crippen LogP contribution in [0.3, 0.4) is 0 Å². The van der Waals surface area contributed by atoms with Gasteiger partial charge in [0, 0.05) is 18.9 Å².